The lowest BCUT2D eigenvalue weighted by atomic mass is 10.00. The average molecular weight is 209 g/mol. The third-order valence-corrected chi connectivity index (χ3v) is 2.40. The summed E-state index contributed by atoms with van der Waals surface area (Å²) in [5.74, 6) is -2.77. The first-order valence-electron chi connectivity index (χ1n) is 4.16. The summed E-state index contributed by atoms with van der Waals surface area (Å²) in [5, 5.41) is 0. The number of amides is 2. The second-order valence-electron chi connectivity index (χ2n) is 3.46. The van der Waals surface area contributed by atoms with Crippen LogP contribution in [0.2, 0.25) is 0 Å². The van der Waals surface area contributed by atoms with Crippen molar-refractivity contribution in [3.8, 4) is 0 Å². The summed E-state index contributed by atoms with van der Waals surface area (Å²) < 4.78 is 35.9. The Labute approximate surface area is 78.9 Å². The molecule has 0 aliphatic carbocycles. The monoisotopic (exact) mass is 209 g/mol. The first kappa shape index (κ1) is 11.0. The highest BCUT2D eigenvalue weighted by molar-refractivity contribution is 6.04. The third kappa shape index (κ3) is 1.88. The van der Waals surface area contributed by atoms with Crippen molar-refractivity contribution in [3.05, 3.63) is 0 Å². The lowest BCUT2D eigenvalue weighted by Crippen LogP contribution is -2.39. The van der Waals surface area contributed by atoms with Crippen LogP contribution in [0.4, 0.5) is 13.2 Å². The number of imide groups is 1. The minimum atomic E-state index is -4.52. The number of halogens is 3. The van der Waals surface area contributed by atoms with Gasteiger partial charge in [-0.25, -0.2) is 0 Å². The summed E-state index contributed by atoms with van der Waals surface area (Å²) in [6.45, 7) is 1.45. The highest BCUT2D eigenvalue weighted by Gasteiger charge is 2.46. The van der Waals surface area contributed by atoms with Gasteiger partial charge in [0, 0.05) is 11.8 Å². The fourth-order valence-corrected chi connectivity index (χ4v) is 1.36. The molecule has 1 heterocycles. The van der Waals surface area contributed by atoms with Crippen molar-refractivity contribution in [2.75, 3.05) is 6.54 Å². The number of hydrogen-bond acceptors (Lipinski definition) is 2. The Morgan fingerprint density at radius 2 is 1.50 bits per heavy atom. The fourth-order valence-electron chi connectivity index (χ4n) is 1.36. The van der Waals surface area contributed by atoms with Crippen molar-refractivity contribution in [1.82, 2.24) is 4.90 Å². The fraction of sp³-hybridized carbons (Fsp3) is 0.750. The maximum Gasteiger partial charge on any atom is 0.406 e. The van der Waals surface area contributed by atoms with E-state index < -0.39 is 36.4 Å². The first-order valence-corrected chi connectivity index (χ1v) is 4.16. The molecule has 2 amide bonds. The number of hydrogen-bond donors (Lipinski definition) is 0. The van der Waals surface area contributed by atoms with E-state index in [1.54, 1.807) is 0 Å². The van der Waals surface area contributed by atoms with Gasteiger partial charge in [0.25, 0.3) is 0 Å². The SMILES string of the molecule is CC1C(=O)N(CC(F)(F)F)C(=O)C1C. The largest absolute Gasteiger partial charge is 0.406 e. The minimum absolute atomic E-state index is 0.287. The summed E-state index contributed by atoms with van der Waals surface area (Å²) in [7, 11) is 0. The van der Waals surface area contributed by atoms with Crippen molar-refractivity contribution in [2.24, 2.45) is 11.8 Å². The van der Waals surface area contributed by atoms with Gasteiger partial charge in [-0.05, 0) is 0 Å². The Kier molecular flexibility index (Phi) is 2.56. The molecule has 0 bridgehead atoms. The predicted molar refractivity (Wildman–Crippen MR) is 41.1 cm³/mol. The molecule has 0 aromatic rings. The van der Waals surface area contributed by atoms with E-state index in [4.69, 9.17) is 0 Å². The van der Waals surface area contributed by atoms with E-state index in [9.17, 15) is 22.8 Å². The van der Waals surface area contributed by atoms with E-state index in [2.05, 4.69) is 0 Å². The molecule has 1 aliphatic rings. The number of carbonyl (C=O) groups is 2. The number of nitrogens with zero attached hydrogens (tertiary/aromatic N) is 1. The summed E-state index contributed by atoms with van der Waals surface area (Å²) in [4.78, 5) is 22.7. The Morgan fingerprint density at radius 3 is 1.79 bits per heavy atom. The first-order chi connectivity index (χ1) is 6.24. The molecule has 2 atom stereocenters. The standard InChI is InChI=1S/C8H10F3NO2/c1-4-5(2)7(14)12(6(4)13)3-8(9,10)11/h4-5H,3H2,1-2H3. The second-order valence-corrected chi connectivity index (χ2v) is 3.46. The van der Waals surface area contributed by atoms with Crippen molar-refractivity contribution in [1.29, 1.82) is 0 Å². The molecule has 80 valence electrons. The molecule has 14 heavy (non-hydrogen) atoms. The maximum absolute atomic E-state index is 12.0. The van der Waals surface area contributed by atoms with Crippen molar-refractivity contribution in [2.45, 2.75) is 20.0 Å². The molecule has 1 aliphatic heterocycles. The third-order valence-electron chi connectivity index (χ3n) is 2.40. The molecule has 0 aromatic carbocycles. The lowest BCUT2D eigenvalue weighted by Gasteiger charge is -2.16. The molecule has 6 heteroatoms. The zero-order valence-corrected chi connectivity index (χ0v) is 7.76. The molecule has 1 rings (SSSR count). The van der Waals surface area contributed by atoms with Gasteiger partial charge in [0.2, 0.25) is 11.8 Å². The van der Waals surface area contributed by atoms with Gasteiger partial charge >= 0.3 is 6.18 Å². The van der Waals surface area contributed by atoms with E-state index in [1.165, 1.54) is 13.8 Å². The summed E-state index contributed by atoms with van der Waals surface area (Å²) in [6.07, 6.45) is -4.52. The minimum Gasteiger partial charge on any atom is -0.274 e. The quantitative estimate of drug-likeness (QED) is 0.608. The lowest BCUT2D eigenvalue weighted by molar-refractivity contribution is -0.166. The highest BCUT2D eigenvalue weighted by atomic mass is 19.4. The van der Waals surface area contributed by atoms with Crippen molar-refractivity contribution < 1.29 is 22.8 Å². The Balaban J connectivity index is 2.81. The van der Waals surface area contributed by atoms with Crippen LogP contribution >= 0.6 is 0 Å². The molecule has 1 fully saturated rings. The average Bonchev–Trinajstić information content (AvgIpc) is 2.20. The van der Waals surface area contributed by atoms with Gasteiger partial charge in [0.1, 0.15) is 6.54 Å². The molecule has 0 N–H and O–H groups in total. The topological polar surface area (TPSA) is 37.4 Å². The normalized spacial score (nSPS) is 28.8. The second kappa shape index (κ2) is 3.25. The number of alkyl halides is 3. The van der Waals surface area contributed by atoms with Gasteiger partial charge in [0.15, 0.2) is 0 Å². The summed E-state index contributed by atoms with van der Waals surface area (Å²) in [6, 6.07) is 0. The van der Waals surface area contributed by atoms with E-state index in [1.807, 2.05) is 0 Å². The van der Waals surface area contributed by atoms with E-state index in [0.717, 1.165) is 0 Å². The van der Waals surface area contributed by atoms with Crippen LogP contribution in [0.5, 0.6) is 0 Å². The Hall–Kier alpha value is -1.07. The van der Waals surface area contributed by atoms with Crippen molar-refractivity contribution in [3.63, 3.8) is 0 Å². The Bertz CT molecular complexity index is 254. The van der Waals surface area contributed by atoms with Crippen LogP contribution in [0.3, 0.4) is 0 Å². The highest BCUT2D eigenvalue weighted by Crippen LogP contribution is 2.28. The zero-order chi connectivity index (χ0) is 11.1. The smallest absolute Gasteiger partial charge is 0.274 e. The van der Waals surface area contributed by atoms with Crippen molar-refractivity contribution >= 4 is 11.8 Å². The Morgan fingerprint density at radius 1 is 1.14 bits per heavy atom. The van der Waals surface area contributed by atoms with Crippen LogP contribution in [-0.2, 0) is 9.59 Å². The summed E-state index contributed by atoms with van der Waals surface area (Å²) >= 11 is 0. The molecular weight excluding hydrogens is 199 g/mol. The van der Waals surface area contributed by atoms with E-state index >= 15 is 0 Å². The molecule has 0 spiro atoms. The van der Waals surface area contributed by atoms with Crippen LogP contribution in [0.1, 0.15) is 13.8 Å². The van der Waals surface area contributed by atoms with Gasteiger partial charge in [-0.3, -0.25) is 14.5 Å². The van der Waals surface area contributed by atoms with Gasteiger partial charge in [-0.15, -0.1) is 0 Å². The number of likely N-dealkylation sites (tertiary alicyclic amines) is 1. The number of rotatable bonds is 1. The van der Waals surface area contributed by atoms with Crippen LogP contribution < -0.4 is 0 Å². The molecule has 1 saturated heterocycles. The van der Waals surface area contributed by atoms with Crippen LogP contribution in [-0.4, -0.2) is 29.4 Å². The molecule has 0 aromatic heterocycles. The van der Waals surface area contributed by atoms with E-state index in [-0.39, 0.29) is 4.90 Å². The molecule has 3 nitrogen and oxygen atoms in total. The zero-order valence-electron chi connectivity index (χ0n) is 7.76. The van der Waals surface area contributed by atoms with Crippen LogP contribution in [0.15, 0.2) is 0 Å². The van der Waals surface area contributed by atoms with Gasteiger partial charge in [-0.2, -0.15) is 13.2 Å². The molecule has 0 radical (unpaired) electrons. The number of carbonyl (C=O) groups excluding carboxylic acids is 2. The van der Waals surface area contributed by atoms with Crippen LogP contribution in [0.25, 0.3) is 0 Å². The molecular formula is C8H10F3NO2. The maximum atomic E-state index is 12.0. The van der Waals surface area contributed by atoms with Crippen LogP contribution in [0, 0.1) is 11.8 Å². The molecule has 0 saturated carbocycles. The predicted octanol–water partition coefficient (Wildman–Crippen LogP) is 1.19. The summed E-state index contributed by atoms with van der Waals surface area (Å²) in [5.41, 5.74) is 0. The van der Waals surface area contributed by atoms with E-state index in [0.29, 0.717) is 0 Å². The van der Waals surface area contributed by atoms with Gasteiger partial charge < -0.3 is 0 Å². The van der Waals surface area contributed by atoms with Gasteiger partial charge in [0.05, 0.1) is 0 Å². The van der Waals surface area contributed by atoms with Gasteiger partial charge in [-0.1, -0.05) is 13.8 Å². The molecule has 2 unspecified atom stereocenters.